The molecule has 0 saturated carbocycles. The topological polar surface area (TPSA) is 131 Å². The van der Waals surface area contributed by atoms with E-state index in [4.69, 9.17) is 42.9 Å². The number of phosphoric ester groups is 1. The molecule has 0 spiro atoms. The van der Waals surface area contributed by atoms with Crippen molar-refractivity contribution in [1.29, 1.82) is 0 Å². The zero-order chi connectivity index (χ0) is 24.2. The standard InChI is InChI=1S/C19H41O11P/c1-10-23-14(5)25-12(3)19(13(4)26-15(6)24-11-2)29-17(8)27-16(7)28-18(9)30-31(20,21)22/h12-19H,10-11H2,1-9H3,(H2,20,21,22). The van der Waals surface area contributed by atoms with Crippen LogP contribution in [0.25, 0.3) is 0 Å². The Kier molecular flexibility index (Phi) is 15.5. The molecule has 0 fully saturated rings. The molecule has 0 aliphatic heterocycles. The first-order valence-corrected chi connectivity index (χ1v) is 12.1. The van der Waals surface area contributed by atoms with Gasteiger partial charge in [-0.05, 0) is 62.3 Å². The number of hydrogen-bond donors (Lipinski definition) is 2. The normalized spacial score (nSPS) is 20.5. The molecular formula is C19H41O11P. The molecule has 0 aliphatic carbocycles. The molecular weight excluding hydrogens is 435 g/mol. The molecule has 0 aromatic heterocycles. The monoisotopic (exact) mass is 476 g/mol. The highest BCUT2D eigenvalue weighted by Gasteiger charge is 2.31. The zero-order valence-electron chi connectivity index (χ0n) is 20.0. The SMILES string of the molecule is CCOC(C)OC(C)C(OC(C)OC(C)OC(C)OP(=O)(O)O)C(C)OC(C)OCC. The molecule has 0 amide bonds. The Bertz CT molecular complexity index is 483. The van der Waals surface area contributed by atoms with E-state index >= 15 is 0 Å². The van der Waals surface area contributed by atoms with Gasteiger partial charge >= 0.3 is 7.82 Å². The van der Waals surface area contributed by atoms with Crippen LogP contribution < -0.4 is 0 Å². The van der Waals surface area contributed by atoms with Gasteiger partial charge in [0, 0.05) is 13.2 Å². The fourth-order valence-corrected chi connectivity index (χ4v) is 3.39. The third-order valence-electron chi connectivity index (χ3n) is 3.94. The number of hydrogen-bond acceptors (Lipinski definition) is 9. The highest BCUT2D eigenvalue weighted by Crippen LogP contribution is 2.37. The largest absolute Gasteiger partial charge is 0.471 e. The summed E-state index contributed by atoms with van der Waals surface area (Å²) in [5.74, 6) is 0. The molecule has 0 heterocycles. The van der Waals surface area contributed by atoms with Crippen LogP contribution in [0.1, 0.15) is 62.3 Å². The Hall–Kier alpha value is -0.170. The maximum atomic E-state index is 10.9. The smallest absolute Gasteiger partial charge is 0.353 e. The lowest BCUT2D eigenvalue weighted by atomic mass is 10.1. The van der Waals surface area contributed by atoms with E-state index in [1.165, 1.54) is 6.92 Å². The van der Waals surface area contributed by atoms with Gasteiger partial charge in [0.2, 0.25) is 0 Å². The molecule has 0 aromatic carbocycles. The van der Waals surface area contributed by atoms with Crippen LogP contribution in [0, 0.1) is 0 Å². The highest BCUT2D eigenvalue weighted by atomic mass is 31.2. The summed E-state index contributed by atoms with van der Waals surface area (Å²) < 4.78 is 54.9. The van der Waals surface area contributed by atoms with Gasteiger partial charge in [0.05, 0.1) is 12.2 Å². The summed E-state index contributed by atoms with van der Waals surface area (Å²) in [6.07, 6.45) is -5.05. The van der Waals surface area contributed by atoms with Crippen molar-refractivity contribution in [2.45, 2.75) is 112 Å². The maximum Gasteiger partial charge on any atom is 0.471 e. The van der Waals surface area contributed by atoms with Gasteiger partial charge in [-0.25, -0.2) is 4.57 Å². The summed E-state index contributed by atoms with van der Waals surface area (Å²) in [6.45, 7) is 16.6. The fraction of sp³-hybridized carbons (Fsp3) is 1.00. The van der Waals surface area contributed by atoms with Gasteiger partial charge in [0.25, 0.3) is 0 Å². The van der Waals surface area contributed by atoms with Crippen LogP contribution >= 0.6 is 7.82 Å². The van der Waals surface area contributed by atoms with E-state index in [0.717, 1.165) is 0 Å². The predicted octanol–water partition coefficient (Wildman–Crippen LogP) is 3.13. The number of ether oxygens (including phenoxy) is 7. The van der Waals surface area contributed by atoms with Gasteiger partial charge in [-0.3, -0.25) is 4.52 Å². The first-order valence-electron chi connectivity index (χ1n) is 10.5. The third kappa shape index (κ3) is 15.3. The summed E-state index contributed by atoms with van der Waals surface area (Å²) in [6, 6.07) is 0. The molecule has 12 heteroatoms. The van der Waals surface area contributed by atoms with Crippen molar-refractivity contribution >= 4 is 7.82 Å². The van der Waals surface area contributed by atoms with Crippen LogP contribution in [0.15, 0.2) is 0 Å². The third-order valence-corrected chi connectivity index (χ3v) is 4.51. The summed E-state index contributed by atoms with van der Waals surface area (Å²) in [7, 11) is -4.67. The predicted molar refractivity (Wildman–Crippen MR) is 112 cm³/mol. The number of rotatable bonds is 18. The lowest BCUT2D eigenvalue weighted by molar-refractivity contribution is -0.303. The van der Waals surface area contributed by atoms with Crippen molar-refractivity contribution in [1.82, 2.24) is 0 Å². The molecule has 0 aromatic rings. The first-order chi connectivity index (χ1) is 14.3. The van der Waals surface area contributed by atoms with Crippen LogP contribution in [0.4, 0.5) is 0 Å². The van der Waals surface area contributed by atoms with Gasteiger partial charge in [0.15, 0.2) is 31.5 Å². The second-order valence-corrected chi connectivity index (χ2v) is 8.09. The zero-order valence-corrected chi connectivity index (χ0v) is 20.9. The van der Waals surface area contributed by atoms with Gasteiger partial charge in [0.1, 0.15) is 6.10 Å². The second kappa shape index (κ2) is 15.6. The Morgan fingerprint density at radius 3 is 1.39 bits per heavy atom. The molecule has 2 N–H and O–H groups in total. The minimum Gasteiger partial charge on any atom is -0.353 e. The van der Waals surface area contributed by atoms with Crippen molar-refractivity contribution < 1.29 is 52.0 Å². The quantitative estimate of drug-likeness (QED) is 0.223. The fourth-order valence-electron chi connectivity index (χ4n) is 2.95. The average molecular weight is 477 g/mol. The van der Waals surface area contributed by atoms with Crippen LogP contribution in [-0.4, -0.2) is 72.8 Å². The van der Waals surface area contributed by atoms with Crippen molar-refractivity contribution in [3.63, 3.8) is 0 Å². The minimum absolute atomic E-state index is 0.412. The van der Waals surface area contributed by atoms with Crippen molar-refractivity contribution in [3.8, 4) is 0 Å². The van der Waals surface area contributed by atoms with E-state index in [1.54, 1.807) is 27.7 Å². The van der Waals surface area contributed by atoms with E-state index in [-0.39, 0.29) is 0 Å². The van der Waals surface area contributed by atoms with Crippen LogP contribution in [0.5, 0.6) is 0 Å². The van der Waals surface area contributed by atoms with Gasteiger partial charge in [-0.15, -0.1) is 0 Å². The molecule has 31 heavy (non-hydrogen) atoms. The van der Waals surface area contributed by atoms with E-state index in [2.05, 4.69) is 4.52 Å². The van der Waals surface area contributed by atoms with E-state index in [9.17, 15) is 4.57 Å². The maximum absolute atomic E-state index is 10.9. The molecule has 0 bridgehead atoms. The molecule has 0 radical (unpaired) electrons. The van der Waals surface area contributed by atoms with Crippen molar-refractivity contribution in [3.05, 3.63) is 0 Å². The van der Waals surface area contributed by atoms with Gasteiger partial charge in [-0.2, -0.15) is 0 Å². The lowest BCUT2D eigenvalue weighted by Gasteiger charge is -2.34. The Morgan fingerprint density at radius 2 is 1.00 bits per heavy atom. The minimum atomic E-state index is -4.67. The molecule has 0 saturated heterocycles. The van der Waals surface area contributed by atoms with Gasteiger partial charge < -0.3 is 42.9 Å². The average Bonchev–Trinajstić information content (AvgIpc) is 2.57. The molecule has 7 atom stereocenters. The van der Waals surface area contributed by atoms with Crippen LogP contribution in [0.2, 0.25) is 0 Å². The van der Waals surface area contributed by atoms with E-state index in [0.29, 0.717) is 13.2 Å². The lowest BCUT2D eigenvalue weighted by Crippen LogP contribution is -2.45. The summed E-state index contributed by atoms with van der Waals surface area (Å²) >= 11 is 0. The number of phosphoric acid groups is 1. The van der Waals surface area contributed by atoms with Gasteiger partial charge in [-0.1, -0.05) is 0 Å². The molecule has 7 unspecified atom stereocenters. The van der Waals surface area contributed by atoms with E-state index < -0.39 is 57.6 Å². The highest BCUT2D eigenvalue weighted by molar-refractivity contribution is 7.46. The molecule has 0 aliphatic rings. The van der Waals surface area contributed by atoms with Crippen molar-refractivity contribution in [2.24, 2.45) is 0 Å². The summed E-state index contributed by atoms with van der Waals surface area (Å²) in [5.41, 5.74) is 0. The molecule has 11 nitrogen and oxygen atoms in total. The van der Waals surface area contributed by atoms with Crippen LogP contribution in [0.3, 0.4) is 0 Å². The first kappa shape index (κ1) is 30.8. The summed E-state index contributed by atoms with van der Waals surface area (Å²) in [4.78, 5) is 17.7. The van der Waals surface area contributed by atoms with Crippen LogP contribution in [-0.2, 0) is 42.2 Å². The second-order valence-electron chi connectivity index (χ2n) is 6.90. The Morgan fingerprint density at radius 1 is 0.613 bits per heavy atom. The Balaban J connectivity index is 4.99. The molecule has 0 rings (SSSR count). The molecule has 188 valence electrons. The Labute approximate surface area is 185 Å². The summed E-state index contributed by atoms with van der Waals surface area (Å²) in [5, 5.41) is 0. The van der Waals surface area contributed by atoms with Crippen molar-refractivity contribution in [2.75, 3.05) is 13.2 Å². The van der Waals surface area contributed by atoms with E-state index in [1.807, 2.05) is 27.7 Å².